The molecule has 0 bridgehead atoms. The lowest BCUT2D eigenvalue weighted by molar-refractivity contribution is -0.303. The first-order chi connectivity index (χ1) is 9.54. The highest BCUT2D eigenvalue weighted by Crippen LogP contribution is 2.22. The maximum atomic E-state index is 11.5. The van der Waals surface area contributed by atoms with Gasteiger partial charge in [-0.05, 0) is 31.6 Å². The van der Waals surface area contributed by atoms with Crippen molar-refractivity contribution in [3.05, 3.63) is 0 Å². The van der Waals surface area contributed by atoms with Crippen molar-refractivity contribution in [1.82, 2.24) is 0 Å². The van der Waals surface area contributed by atoms with E-state index in [9.17, 15) is 4.79 Å². The molecule has 0 radical (unpaired) electrons. The van der Waals surface area contributed by atoms with Crippen LogP contribution in [0.4, 0.5) is 0 Å². The zero-order valence-corrected chi connectivity index (χ0v) is 14.1. The molecule has 3 heteroatoms. The molecule has 0 aliphatic carbocycles. The van der Waals surface area contributed by atoms with Crippen molar-refractivity contribution in [3.63, 3.8) is 0 Å². The molecule has 120 valence electrons. The quantitative estimate of drug-likeness (QED) is 0.278. The average Bonchev–Trinajstić information content (AvgIpc) is 2.45. The number of hydrogen-bond donors (Lipinski definition) is 0. The molecule has 0 saturated carbocycles. The number of unbranched alkanes of at least 4 members (excludes halogenated alkanes) is 2. The van der Waals surface area contributed by atoms with E-state index >= 15 is 0 Å². The molecule has 0 aromatic heterocycles. The van der Waals surface area contributed by atoms with Crippen LogP contribution >= 0.6 is 0 Å². The van der Waals surface area contributed by atoms with Crippen molar-refractivity contribution in [2.45, 2.75) is 92.1 Å². The third-order valence-electron chi connectivity index (χ3n) is 4.19. The van der Waals surface area contributed by atoms with Crippen LogP contribution in [0.3, 0.4) is 0 Å². The van der Waals surface area contributed by atoms with Gasteiger partial charge in [0.05, 0.1) is 0 Å². The van der Waals surface area contributed by atoms with Crippen molar-refractivity contribution in [3.8, 4) is 0 Å². The zero-order valence-electron chi connectivity index (χ0n) is 14.1. The number of carbonyl (C=O) groups excluding carboxylic acids is 1. The predicted molar refractivity (Wildman–Crippen MR) is 83.3 cm³/mol. The summed E-state index contributed by atoms with van der Waals surface area (Å²) in [4.78, 5) is 21.7. The first kappa shape index (κ1) is 19.4. The molecule has 0 aliphatic heterocycles. The Morgan fingerprint density at radius 1 is 1.00 bits per heavy atom. The summed E-state index contributed by atoms with van der Waals surface area (Å²) in [6, 6.07) is 0. The number of hydrogen-bond acceptors (Lipinski definition) is 3. The van der Waals surface area contributed by atoms with E-state index in [1.807, 2.05) is 6.92 Å². The summed E-state index contributed by atoms with van der Waals surface area (Å²) in [6.07, 6.45) is 8.15. The molecule has 0 fully saturated rings. The summed E-state index contributed by atoms with van der Waals surface area (Å²) in [5.74, 6) is 0.988. The molecule has 0 aromatic carbocycles. The number of rotatable bonds is 12. The van der Waals surface area contributed by atoms with Crippen molar-refractivity contribution in [1.29, 1.82) is 0 Å². The standard InChI is InChI=1S/C17H34O3/c1-6-9-10-11-17(18)20-19-15(5)16(8-3)13-12-14(4)7-2/h14-16H,6-13H2,1-5H3. The van der Waals surface area contributed by atoms with E-state index in [0.29, 0.717) is 12.3 Å². The van der Waals surface area contributed by atoms with Gasteiger partial charge in [-0.3, -0.25) is 4.89 Å². The topological polar surface area (TPSA) is 35.5 Å². The second kappa shape index (κ2) is 12.2. The number of carbonyl (C=O) groups is 1. The summed E-state index contributed by atoms with van der Waals surface area (Å²) < 4.78 is 0. The Labute approximate surface area is 125 Å². The second-order valence-electron chi connectivity index (χ2n) is 5.97. The highest BCUT2D eigenvalue weighted by molar-refractivity contribution is 5.68. The van der Waals surface area contributed by atoms with Crippen LogP contribution in [0.1, 0.15) is 86.0 Å². The van der Waals surface area contributed by atoms with Crippen LogP contribution in [0.25, 0.3) is 0 Å². The van der Waals surface area contributed by atoms with Crippen molar-refractivity contribution in [2.24, 2.45) is 11.8 Å². The largest absolute Gasteiger partial charge is 0.342 e. The van der Waals surface area contributed by atoms with Gasteiger partial charge in [-0.15, -0.1) is 0 Å². The molecule has 3 unspecified atom stereocenters. The molecule has 0 saturated heterocycles. The van der Waals surface area contributed by atoms with Gasteiger partial charge in [-0.2, -0.15) is 4.89 Å². The fourth-order valence-corrected chi connectivity index (χ4v) is 2.24. The van der Waals surface area contributed by atoms with Crippen molar-refractivity contribution in [2.75, 3.05) is 0 Å². The van der Waals surface area contributed by atoms with E-state index < -0.39 is 0 Å². The molecule has 0 amide bonds. The van der Waals surface area contributed by atoms with E-state index in [1.54, 1.807) is 0 Å². The van der Waals surface area contributed by atoms with Gasteiger partial charge in [-0.25, -0.2) is 4.79 Å². The minimum atomic E-state index is -0.234. The third kappa shape index (κ3) is 9.35. The van der Waals surface area contributed by atoms with Crippen LogP contribution in [0.2, 0.25) is 0 Å². The molecule has 0 aromatic rings. The Balaban J connectivity index is 3.90. The highest BCUT2D eigenvalue weighted by atomic mass is 17.2. The molecule has 3 atom stereocenters. The Bertz CT molecular complexity index is 240. The minimum Gasteiger partial charge on any atom is -0.298 e. The van der Waals surface area contributed by atoms with E-state index in [1.165, 1.54) is 12.8 Å². The molecule has 3 nitrogen and oxygen atoms in total. The molecular formula is C17H34O3. The Morgan fingerprint density at radius 3 is 2.25 bits per heavy atom. The average molecular weight is 286 g/mol. The van der Waals surface area contributed by atoms with Gasteiger partial charge in [0, 0.05) is 6.42 Å². The molecule has 20 heavy (non-hydrogen) atoms. The van der Waals surface area contributed by atoms with Crippen LogP contribution in [0, 0.1) is 11.8 Å². The molecule has 0 N–H and O–H groups in total. The van der Waals surface area contributed by atoms with Gasteiger partial charge in [-0.1, -0.05) is 59.8 Å². The summed E-state index contributed by atoms with van der Waals surface area (Å²) in [6.45, 7) is 10.8. The lowest BCUT2D eigenvalue weighted by Gasteiger charge is -2.22. The lowest BCUT2D eigenvalue weighted by atomic mass is 9.90. The highest BCUT2D eigenvalue weighted by Gasteiger charge is 2.19. The molecular weight excluding hydrogens is 252 g/mol. The predicted octanol–water partition coefficient (Wildman–Crippen LogP) is 5.28. The Hall–Kier alpha value is -0.570. The van der Waals surface area contributed by atoms with Gasteiger partial charge in [0.1, 0.15) is 6.10 Å². The van der Waals surface area contributed by atoms with E-state index in [2.05, 4.69) is 27.7 Å². The molecule has 0 aliphatic rings. The Morgan fingerprint density at radius 2 is 1.70 bits per heavy atom. The maximum Gasteiger partial charge on any atom is 0.342 e. The summed E-state index contributed by atoms with van der Waals surface area (Å²) in [5, 5.41) is 0. The SMILES string of the molecule is CCCCCC(=O)OOC(C)C(CC)CCC(C)CC. The molecule has 0 rings (SSSR count). The van der Waals surface area contributed by atoms with Crippen molar-refractivity contribution < 1.29 is 14.6 Å². The Kier molecular flexibility index (Phi) is 11.8. The van der Waals surface area contributed by atoms with Gasteiger partial charge in [0.25, 0.3) is 0 Å². The zero-order chi connectivity index (χ0) is 15.4. The fourth-order valence-electron chi connectivity index (χ4n) is 2.24. The molecule has 0 spiro atoms. The lowest BCUT2D eigenvalue weighted by Crippen LogP contribution is -2.23. The van der Waals surface area contributed by atoms with E-state index in [0.717, 1.165) is 38.0 Å². The van der Waals surface area contributed by atoms with E-state index in [4.69, 9.17) is 9.78 Å². The molecule has 0 heterocycles. The third-order valence-corrected chi connectivity index (χ3v) is 4.19. The van der Waals surface area contributed by atoms with Gasteiger partial charge >= 0.3 is 5.97 Å². The van der Waals surface area contributed by atoms with Crippen LogP contribution in [0.5, 0.6) is 0 Å². The normalized spacial score (nSPS) is 15.7. The van der Waals surface area contributed by atoms with Crippen molar-refractivity contribution >= 4 is 5.97 Å². The van der Waals surface area contributed by atoms with Crippen LogP contribution in [-0.2, 0) is 14.6 Å². The van der Waals surface area contributed by atoms with Crippen LogP contribution in [-0.4, -0.2) is 12.1 Å². The smallest absolute Gasteiger partial charge is 0.298 e. The van der Waals surface area contributed by atoms with Gasteiger partial charge in [0.2, 0.25) is 0 Å². The maximum absolute atomic E-state index is 11.5. The summed E-state index contributed by atoms with van der Waals surface area (Å²) in [7, 11) is 0. The summed E-state index contributed by atoms with van der Waals surface area (Å²) in [5.41, 5.74) is 0. The van der Waals surface area contributed by atoms with E-state index in [-0.39, 0.29) is 12.1 Å². The monoisotopic (exact) mass is 286 g/mol. The fraction of sp³-hybridized carbons (Fsp3) is 0.941. The summed E-state index contributed by atoms with van der Waals surface area (Å²) >= 11 is 0. The second-order valence-corrected chi connectivity index (χ2v) is 5.97. The van der Waals surface area contributed by atoms with Gasteiger partial charge in [0.15, 0.2) is 0 Å². The first-order valence-corrected chi connectivity index (χ1v) is 8.41. The van der Waals surface area contributed by atoms with Crippen LogP contribution in [0.15, 0.2) is 0 Å². The van der Waals surface area contributed by atoms with Gasteiger partial charge < -0.3 is 0 Å². The minimum absolute atomic E-state index is 0.0146. The first-order valence-electron chi connectivity index (χ1n) is 8.41. The van der Waals surface area contributed by atoms with Crippen LogP contribution < -0.4 is 0 Å².